The summed E-state index contributed by atoms with van der Waals surface area (Å²) in [5.74, 6) is -2.05. The van der Waals surface area contributed by atoms with Crippen molar-refractivity contribution < 1.29 is 22.4 Å². The van der Waals surface area contributed by atoms with Crippen molar-refractivity contribution in [3.8, 4) is 0 Å². The van der Waals surface area contributed by atoms with Crippen LogP contribution in [0.4, 0.5) is 17.6 Å². The smallest absolute Gasteiger partial charge is 0.274 e. The molecule has 24 heavy (non-hydrogen) atoms. The predicted molar refractivity (Wildman–Crippen MR) is 81.0 cm³/mol. The normalized spacial score (nSPS) is 14.4. The predicted octanol–water partition coefficient (Wildman–Crippen LogP) is 3.24. The molecule has 0 atom stereocenters. The molecule has 0 saturated carbocycles. The molecule has 128 valence electrons. The first-order valence-corrected chi connectivity index (χ1v) is 7.93. The molecule has 2 heterocycles. The monoisotopic (exact) mass is 405 g/mol. The van der Waals surface area contributed by atoms with Crippen molar-refractivity contribution in [2.45, 2.75) is 19.4 Å². The topological polar surface area (TPSA) is 38.1 Å². The Morgan fingerprint density at radius 1 is 1.25 bits per heavy atom. The summed E-state index contributed by atoms with van der Waals surface area (Å²) in [5, 5.41) is 4.07. The summed E-state index contributed by atoms with van der Waals surface area (Å²) in [7, 11) is 0. The zero-order chi connectivity index (χ0) is 17.4. The second-order valence-electron chi connectivity index (χ2n) is 5.37. The van der Waals surface area contributed by atoms with Gasteiger partial charge in [0.2, 0.25) is 0 Å². The number of amides is 1. The van der Waals surface area contributed by atoms with E-state index in [0.29, 0.717) is 16.6 Å². The first-order valence-electron chi connectivity index (χ1n) is 7.14. The van der Waals surface area contributed by atoms with E-state index in [-0.39, 0.29) is 24.3 Å². The van der Waals surface area contributed by atoms with Crippen molar-refractivity contribution in [3.63, 3.8) is 0 Å². The molecule has 1 amide bonds. The summed E-state index contributed by atoms with van der Waals surface area (Å²) < 4.78 is 54.3. The van der Waals surface area contributed by atoms with Crippen LogP contribution in [0, 0.1) is 11.6 Å². The van der Waals surface area contributed by atoms with Crippen LogP contribution in [0.1, 0.15) is 21.6 Å². The second kappa shape index (κ2) is 6.54. The van der Waals surface area contributed by atoms with Crippen LogP contribution in [0.3, 0.4) is 0 Å². The fourth-order valence-corrected chi connectivity index (χ4v) is 3.24. The van der Waals surface area contributed by atoms with Gasteiger partial charge in [0, 0.05) is 17.7 Å². The maximum absolute atomic E-state index is 13.8. The number of rotatable bonds is 4. The number of carbonyl (C=O) groups excluding carboxylic acids is 1. The lowest BCUT2D eigenvalue weighted by Crippen LogP contribution is -2.40. The lowest BCUT2D eigenvalue weighted by atomic mass is 10.1. The molecule has 0 radical (unpaired) electrons. The molecule has 3 rings (SSSR count). The molecule has 1 aromatic carbocycles. The molecule has 1 aliphatic rings. The van der Waals surface area contributed by atoms with Crippen LogP contribution in [-0.4, -0.2) is 40.1 Å². The molecule has 1 aromatic heterocycles. The van der Waals surface area contributed by atoms with Gasteiger partial charge >= 0.3 is 0 Å². The summed E-state index contributed by atoms with van der Waals surface area (Å²) in [5.41, 5.74) is 0.405. The van der Waals surface area contributed by atoms with Crippen molar-refractivity contribution in [1.82, 2.24) is 14.7 Å². The van der Waals surface area contributed by atoms with Crippen LogP contribution in [0.5, 0.6) is 0 Å². The fraction of sp³-hybridized carbons (Fsp3) is 0.333. The van der Waals surface area contributed by atoms with Crippen LogP contribution >= 0.6 is 15.9 Å². The summed E-state index contributed by atoms with van der Waals surface area (Å²) in [6.45, 7) is -0.729. The average Bonchev–Trinajstić information content (AvgIpc) is 2.83. The first-order chi connectivity index (χ1) is 11.4. The largest absolute Gasteiger partial charge is 0.331 e. The van der Waals surface area contributed by atoms with E-state index in [1.165, 1.54) is 10.7 Å². The minimum Gasteiger partial charge on any atom is -0.331 e. The number of halogens is 5. The Morgan fingerprint density at radius 3 is 2.54 bits per heavy atom. The number of aromatic nitrogens is 2. The van der Waals surface area contributed by atoms with E-state index < -0.39 is 30.5 Å². The molecule has 0 saturated heterocycles. The Morgan fingerprint density at radius 2 is 1.92 bits per heavy atom. The highest BCUT2D eigenvalue weighted by molar-refractivity contribution is 9.10. The minimum atomic E-state index is -2.63. The molecule has 2 aromatic rings. The molecule has 4 nitrogen and oxygen atoms in total. The zero-order valence-electron chi connectivity index (χ0n) is 12.3. The Labute approximate surface area is 143 Å². The lowest BCUT2D eigenvalue weighted by molar-refractivity contribution is 0.0532. The molecule has 0 bridgehead atoms. The van der Waals surface area contributed by atoms with Crippen LogP contribution in [-0.2, 0) is 13.0 Å². The van der Waals surface area contributed by atoms with E-state index in [0.717, 1.165) is 17.0 Å². The van der Waals surface area contributed by atoms with Gasteiger partial charge in [0.1, 0.15) is 16.2 Å². The van der Waals surface area contributed by atoms with Gasteiger partial charge in [-0.25, -0.2) is 17.6 Å². The Kier molecular flexibility index (Phi) is 4.62. The highest BCUT2D eigenvalue weighted by atomic mass is 79.9. The number of nitrogens with zero attached hydrogens (tertiary/aromatic N) is 3. The van der Waals surface area contributed by atoms with E-state index >= 15 is 0 Å². The maximum Gasteiger partial charge on any atom is 0.274 e. The van der Waals surface area contributed by atoms with Gasteiger partial charge in [-0.15, -0.1) is 0 Å². The van der Waals surface area contributed by atoms with E-state index in [4.69, 9.17) is 0 Å². The third-order valence-electron chi connectivity index (χ3n) is 3.83. The molecule has 0 fully saturated rings. The van der Waals surface area contributed by atoms with Crippen molar-refractivity contribution in [1.29, 1.82) is 0 Å². The summed E-state index contributed by atoms with van der Waals surface area (Å²) in [6.07, 6.45) is -2.29. The number of alkyl halides is 2. The van der Waals surface area contributed by atoms with E-state index in [9.17, 15) is 22.4 Å². The maximum atomic E-state index is 13.8. The van der Waals surface area contributed by atoms with Gasteiger partial charge in [-0.1, -0.05) is 6.07 Å². The van der Waals surface area contributed by atoms with Gasteiger partial charge in [0.15, 0.2) is 5.69 Å². The van der Waals surface area contributed by atoms with Crippen molar-refractivity contribution in [2.24, 2.45) is 0 Å². The standard InChI is InChI=1S/C15H12BrF4N3O/c16-14-8-4-5-22(7-12(19)20)15(24)13(8)21-23(14)6-9-10(17)2-1-3-11(9)18/h1-3,12H,4-7H2. The summed E-state index contributed by atoms with van der Waals surface area (Å²) in [6, 6.07) is 3.51. The number of benzene rings is 1. The van der Waals surface area contributed by atoms with Gasteiger partial charge < -0.3 is 4.90 Å². The molecule has 0 spiro atoms. The Balaban J connectivity index is 1.92. The molecule has 0 aliphatic carbocycles. The molecule has 0 unspecified atom stereocenters. The SMILES string of the molecule is O=C1c2nn(Cc3c(F)cccc3F)c(Br)c2CCN1CC(F)F. The van der Waals surface area contributed by atoms with Crippen LogP contribution < -0.4 is 0 Å². The Hall–Kier alpha value is -1.90. The third-order valence-corrected chi connectivity index (χ3v) is 4.72. The van der Waals surface area contributed by atoms with E-state index in [2.05, 4.69) is 21.0 Å². The fourth-order valence-electron chi connectivity index (χ4n) is 2.65. The van der Waals surface area contributed by atoms with Crippen LogP contribution in [0.15, 0.2) is 22.8 Å². The van der Waals surface area contributed by atoms with Crippen molar-refractivity contribution in [3.05, 3.63) is 51.3 Å². The second-order valence-corrected chi connectivity index (χ2v) is 6.12. The highest BCUT2D eigenvalue weighted by Crippen LogP contribution is 2.28. The van der Waals surface area contributed by atoms with Crippen LogP contribution in [0.2, 0.25) is 0 Å². The molecule has 0 N–H and O–H groups in total. The van der Waals surface area contributed by atoms with Gasteiger partial charge in [0.25, 0.3) is 12.3 Å². The van der Waals surface area contributed by atoms with Gasteiger partial charge in [-0.3, -0.25) is 9.48 Å². The number of carbonyl (C=O) groups is 1. The lowest BCUT2D eigenvalue weighted by Gasteiger charge is -2.25. The number of hydrogen-bond donors (Lipinski definition) is 0. The molecular weight excluding hydrogens is 394 g/mol. The zero-order valence-corrected chi connectivity index (χ0v) is 13.9. The molecule has 9 heteroatoms. The van der Waals surface area contributed by atoms with Crippen molar-refractivity contribution >= 4 is 21.8 Å². The average molecular weight is 406 g/mol. The van der Waals surface area contributed by atoms with E-state index in [1.807, 2.05) is 0 Å². The quantitative estimate of drug-likeness (QED) is 0.732. The van der Waals surface area contributed by atoms with E-state index in [1.54, 1.807) is 0 Å². The molecule has 1 aliphatic heterocycles. The Bertz CT molecular complexity index is 773. The molecular formula is C15H12BrF4N3O. The third kappa shape index (κ3) is 3.04. The van der Waals surface area contributed by atoms with Gasteiger partial charge in [-0.2, -0.15) is 5.10 Å². The minimum absolute atomic E-state index is 0.0329. The highest BCUT2D eigenvalue weighted by Gasteiger charge is 2.32. The van der Waals surface area contributed by atoms with Crippen molar-refractivity contribution in [2.75, 3.05) is 13.1 Å². The van der Waals surface area contributed by atoms with Gasteiger partial charge in [0.05, 0.1) is 13.1 Å². The van der Waals surface area contributed by atoms with Crippen LogP contribution in [0.25, 0.3) is 0 Å². The first kappa shape index (κ1) is 16.9. The van der Waals surface area contributed by atoms with Gasteiger partial charge in [-0.05, 0) is 34.5 Å². The number of hydrogen-bond acceptors (Lipinski definition) is 2. The summed E-state index contributed by atoms with van der Waals surface area (Å²) >= 11 is 3.28. The number of fused-ring (bicyclic) bond motifs is 1. The summed E-state index contributed by atoms with van der Waals surface area (Å²) in [4.78, 5) is 13.3.